The van der Waals surface area contributed by atoms with Gasteiger partial charge in [-0.15, -0.1) is 0 Å². The van der Waals surface area contributed by atoms with E-state index in [0.717, 1.165) is 5.56 Å². The second-order valence-corrected chi connectivity index (χ2v) is 4.28. The molecule has 18 heavy (non-hydrogen) atoms. The van der Waals surface area contributed by atoms with Gasteiger partial charge in [0.1, 0.15) is 0 Å². The first-order chi connectivity index (χ1) is 8.59. The van der Waals surface area contributed by atoms with Crippen LogP contribution >= 0.6 is 0 Å². The van der Waals surface area contributed by atoms with Crippen molar-refractivity contribution >= 4 is 17.6 Å². The van der Waals surface area contributed by atoms with E-state index in [1.807, 2.05) is 30.3 Å². The number of carbonyl (C=O) groups is 3. The standard InChI is InChI=1S/C13H14N2O3/c14-13(18)12-10(16)8-15(12)11(17)7-6-9-4-2-1-3-5-9/h1-5,12H,6-8H2,(H2,14,18). The number of rotatable bonds is 4. The molecular weight excluding hydrogens is 232 g/mol. The second kappa shape index (κ2) is 5.00. The van der Waals surface area contributed by atoms with E-state index >= 15 is 0 Å². The van der Waals surface area contributed by atoms with Gasteiger partial charge in [-0.25, -0.2) is 0 Å². The molecule has 1 saturated heterocycles. The van der Waals surface area contributed by atoms with E-state index in [2.05, 4.69) is 0 Å². The summed E-state index contributed by atoms with van der Waals surface area (Å²) in [5.41, 5.74) is 6.12. The van der Waals surface area contributed by atoms with Gasteiger partial charge in [-0.05, 0) is 12.0 Å². The van der Waals surface area contributed by atoms with Gasteiger partial charge in [-0.3, -0.25) is 14.4 Å². The summed E-state index contributed by atoms with van der Waals surface area (Å²) in [6.07, 6.45) is 0.872. The van der Waals surface area contributed by atoms with Crippen LogP contribution in [-0.2, 0) is 20.8 Å². The number of amides is 2. The molecule has 1 heterocycles. The molecule has 1 aromatic carbocycles. The molecule has 1 unspecified atom stereocenters. The molecule has 2 rings (SSSR count). The molecule has 2 N–H and O–H groups in total. The van der Waals surface area contributed by atoms with Crippen LogP contribution in [0.3, 0.4) is 0 Å². The van der Waals surface area contributed by atoms with Crippen LogP contribution < -0.4 is 5.73 Å². The third-order valence-electron chi connectivity index (χ3n) is 3.00. The van der Waals surface area contributed by atoms with Gasteiger partial charge in [0.05, 0.1) is 6.54 Å². The van der Waals surface area contributed by atoms with Crippen LogP contribution in [0, 0.1) is 0 Å². The Kier molecular flexibility index (Phi) is 3.41. The molecule has 0 radical (unpaired) electrons. The third kappa shape index (κ3) is 2.40. The maximum Gasteiger partial charge on any atom is 0.248 e. The fourth-order valence-corrected chi connectivity index (χ4v) is 1.99. The molecule has 1 fully saturated rings. The lowest BCUT2D eigenvalue weighted by molar-refractivity contribution is -0.156. The number of hydrogen-bond acceptors (Lipinski definition) is 3. The predicted octanol–water partition coefficient (Wildman–Crippen LogP) is -0.116. The summed E-state index contributed by atoms with van der Waals surface area (Å²) in [6, 6.07) is 8.52. The molecule has 1 atom stereocenters. The Bertz CT molecular complexity index is 476. The molecule has 0 bridgehead atoms. The molecule has 5 heteroatoms. The van der Waals surface area contributed by atoms with Crippen LogP contribution in [0.5, 0.6) is 0 Å². The van der Waals surface area contributed by atoms with Gasteiger partial charge in [0.25, 0.3) is 0 Å². The van der Waals surface area contributed by atoms with Gasteiger partial charge >= 0.3 is 0 Å². The van der Waals surface area contributed by atoms with Gasteiger partial charge in [0.15, 0.2) is 11.8 Å². The molecule has 0 aliphatic carbocycles. The molecule has 94 valence electrons. The van der Waals surface area contributed by atoms with Crippen molar-refractivity contribution in [2.75, 3.05) is 6.54 Å². The fraction of sp³-hybridized carbons (Fsp3) is 0.308. The molecule has 2 amide bonds. The number of benzene rings is 1. The second-order valence-electron chi connectivity index (χ2n) is 4.28. The lowest BCUT2D eigenvalue weighted by atomic mass is 9.99. The minimum atomic E-state index is -1.05. The van der Waals surface area contributed by atoms with E-state index in [1.165, 1.54) is 4.90 Å². The Morgan fingerprint density at radius 2 is 1.94 bits per heavy atom. The average Bonchev–Trinajstić information content (AvgIpc) is 2.33. The van der Waals surface area contributed by atoms with Crippen LogP contribution in [0.25, 0.3) is 0 Å². The Balaban J connectivity index is 1.90. The molecule has 5 nitrogen and oxygen atoms in total. The Labute approximate surface area is 105 Å². The highest BCUT2D eigenvalue weighted by Crippen LogP contribution is 2.15. The monoisotopic (exact) mass is 246 g/mol. The van der Waals surface area contributed by atoms with Gasteiger partial charge in [0.2, 0.25) is 11.8 Å². The average molecular weight is 246 g/mol. The lowest BCUT2D eigenvalue weighted by Gasteiger charge is -2.36. The summed E-state index contributed by atoms with van der Waals surface area (Å²) in [4.78, 5) is 35.2. The van der Waals surface area contributed by atoms with E-state index in [4.69, 9.17) is 5.73 Å². The van der Waals surface area contributed by atoms with Crippen molar-refractivity contribution < 1.29 is 14.4 Å². The van der Waals surface area contributed by atoms with E-state index in [1.54, 1.807) is 0 Å². The Morgan fingerprint density at radius 3 is 2.50 bits per heavy atom. The summed E-state index contributed by atoms with van der Waals surface area (Å²) in [6.45, 7) is 0.00122. The van der Waals surface area contributed by atoms with E-state index in [0.29, 0.717) is 6.42 Å². The number of primary amides is 1. The summed E-state index contributed by atoms with van der Waals surface area (Å²) >= 11 is 0. The topological polar surface area (TPSA) is 80.5 Å². The highest BCUT2D eigenvalue weighted by molar-refractivity contribution is 6.13. The van der Waals surface area contributed by atoms with Crippen LogP contribution in [0.1, 0.15) is 12.0 Å². The number of aryl methyl sites for hydroxylation is 1. The first-order valence-electron chi connectivity index (χ1n) is 5.75. The maximum absolute atomic E-state index is 11.8. The third-order valence-corrected chi connectivity index (χ3v) is 3.00. The summed E-state index contributed by atoms with van der Waals surface area (Å²) in [5.74, 6) is -1.24. The number of hydrogen-bond donors (Lipinski definition) is 1. The van der Waals surface area contributed by atoms with Crippen molar-refractivity contribution in [3.05, 3.63) is 35.9 Å². The van der Waals surface area contributed by atoms with E-state index < -0.39 is 11.9 Å². The highest BCUT2D eigenvalue weighted by Gasteiger charge is 2.43. The van der Waals surface area contributed by atoms with Gasteiger partial charge in [-0.2, -0.15) is 0 Å². The van der Waals surface area contributed by atoms with Gasteiger partial charge in [0, 0.05) is 6.42 Å². The van der Waals surface area contributed by atoms with Crippen LogP contribution in [0.4, 0.5) is 0 Å². The SMILES string of the molecule is NC(=O)C1C(=O)CN1C(=O)CCc1ccccc1. The smallest absolute Gasteiger partial charge is 0.248 e. The molecule has 1 aliphatic rings. The quantitative estimate of drug-likeness (QED) is 0.752. The minimum Gasteiger partial charge on any atom is -0.367 e. The molecule has 1 aromatic rings. The van der Waals surface area contributed by atoms with Crippen molar-refractivity contribution in [1.29, 1.82) is 0 Å². The van der Waals surface area contributed by atoms with Gasteiger partial charge < -0.3 is 10.6 Å². The number of nitrogens with zero attached hydrogens (tertiary/aromatic N) is 1. The van der Waals surface area contributed by atoms with E-state index in [-0.39, 0.29) is 24.7 Å². The van der Waals surface area contributed by atoms with E-state index in [9.17, 15) is 14.4 Å². The zero-order valence-electron chi connectivity index (χ0n) is 9.83. The zero-order chi connectivity index (χ0) is 13.1. The highest BCUT2D eigenvalue weighted by atomic mass is 16.2. The number of nitrogens with two attached hydrogens (primary N) is 1. The van der Waals surface area contributed by atoms with Crippen molar-refractivity contribution in [2.24, 2.45) is 5.73 Å². The Morgan fingerprint density at radius 1 is 1.28 bits per heavy atom. The van der Waals surface area contributed by atoms with Crippen LogP contribution in [0.2, 0.25) is 0 Å². The number of Topliss-reactive ketones (excluding diaryl/α,β-unsaturated/α-hetero) is 1. The van der Waals surface area contributed by atoms with Crippen molar-refractivity contribution in [3.8, 4) is 0 Å². The summed E-state index contributed by atoms with van der Waals surface area (Å²) < 4.78 is 0. The largest absolute Gasteiger partial charge is 0.367 e. The normalized spacial score (nSPS) is 18.3. The summed E-state index contributed by atoms with van der Waals surface area (Å²) in [5, 5.41) is 0. The first-order valence-corrected chi connectivity index (χ1v) is 5.75. The number of carbonyl (C=O) groups excluding carboxylic acids is 3. The maximum atomic E-state index is 11.8. The number of ketones is 1. The van der Waals surface area contributed by atoms with Crippen molar-refractivity contribution in [2.45, 2.75) is 18.9 Å². The fourth-order valence-electron chi connectivity index (χ4n) is 1.99. The zero-order valence-corrected chi connectivity index (χ0v) is 9.83. The Hall–Kier alpha value is -2.17. The lowest BCUT2D eigenvalue weighted by Crippen LogP contribution is -2.64. The molecular formula is C13H14N2O3. The predicted molar refractivity (Wildman–Crippen MR) is 64.5 cm³/mol. The van der Waals surface area contributed by atoms with Gasteiger partial charge in [-0.1, -0.05) is 30.3 Å². The molecule has 0 saturated carbocycles. The summed E-state index contributed by atoms with van der Waals surface area (Å²) in [7, 11) is 0. The number of likely N-dealkylation sites (tertiary alicyclic amines) is 1. The minimum absolute atomic E-state index is 0.00122. The first kappa shape index (κ1) is 12.3. The molecule has 0 aromatic heterocycles. The van der Waals surface area contributed by atoms with Crippen molar-refractivity contribution in [3.63, 3.8) is 0 Å². The van der Waals surface area contributed by atoms with Crippen LogP contribution in [0.15, 0.2) is 30.3 Å². The van der Waals surface area contributed by atoms with Crippen molar-refractivity contribution in [1.82, 2.24) is 4.90 Å². The van der Waals surface area contributed by atoms with Crippen LogP contribution in [-0.4, -0.2) is 35.1 Å². The molecule has 0 spiro atoms. The molecule has 1 aliphatic heterocycles.